The van der Waals surface area contributed by atoms with Crippen LogP contribution < -0.4 is 0 Å². The molecular weight excluding hydrogens is 248 g/mol. The normalized spacial score (nSPS) is 23.2. The molecule has 0 bridgehead atoms. The number of amides is 2. The zero-order valence-electron chi connectivity index (χ0n) is 12.0. The van der Waals surface area contributed by atoms with Crippen LogP contribution in [0.3, 0.4) is 0 Å². The first-order valence-corrected chi connectivity index (χ1v) is 6.72. The molecule has 0 aromatic heterocycles. The number of likely N-dealkylation sites (tertiary alicyclic amines) is 1. The summed E-state index contributed by atoms with van der Waals surface area (Å²) in [5.41, 5.74) is -0.292. The Kier molecular flexibility index (Phi) is 5.60. The van der Waals surface area contributed by atoms with Gasteiger partial charge in [0.2, 0.25) is 0 Å². The number of nitrogens with zero attached hydrogens (tertiary/aromatic N) is 2. The Morgan fingerprint density at radius 2 is 2.16 bits per heavy atom. The molecule has 0 aliphatic carbocycles. The standard InChI is InChI=1S/C13H24N2O4/c1-4-14(9-6-11(16)17)12(18)15-8-5-7-13(2,10-15)19-3/h4-10H2,1-3H3,(H,16,17). The largest absolute Gasteiger partial charge is 0.481 e. The second-order valence-corrected chi connectivity index (χ2v) is 5.19. The molecule has 19 heavy (non-hydrogen) atoms. The number of ether oxygens (including phenoxy) is 1. The fourth-order valence-electron chi connectivity index (χ4n) is 2.36. The summed E-state index contributed by atoms with van der Waals surface area (Å²) in [6.45, 7) is 5.91. The third-order valence-corrected chi connectivity index (χ3v) is 3.67. The van der Waals surface area contributed by atoms with Crippen LogP contribution in [-0.2, 0) is 9.53 Å². The number of carbonyl (C=O) groups excluding carboxylic acids is 1. The Balaban J connectivity index is 2.61. The number of urea groups is 1. The molecule has 0 radical (unpaired) electrons. The molecule has 110 valence electrons. The van der Waals surface area contributed by atoms with Gasteiger partial charge in [-0.3, -0.25) is 4.79 Å². The molecule has 0 spiro atoms. The average molecular weight is 272 g/mol. The van der Waals surface area contributed by atoms with Gasteiger partial charge < -0.3 is 19.6 Å². The second-order valence-electron chi connectivity index (χ2n) is 5.19. The Bertz CT molecular complexity index is 335. The van der Waals surface area contributed by atoms with Crippen molar-refractivity contribution in [2.75, 3.05) is 33.3 Å². The molecule has 1 heterocycles. The number of methoxy groups -OCH3 is 1. The molecule has 1 unspecified atom stereocenters. The number of hydrogen-bond donors (Lipinski definition) is 1. The van der Waals surface area contributed by atoms with Crippen molar-refractivity contribution in [2.45, 2.75) is 38.7 Å². The van der Waals surface area contributed by atoms with Crippen molar-refractivity contribution >= 4 is 12.0 Å². The average Bonchev–Trinajstić information content (AvgIpc) is 2.39. The van der Waals surface area contributed by atoms with Gasteiger partial charge in [-0.15, -0.1) is 0 Å². The number of aliphatic carboxylic acids is 1. The highest BCUT2D eigenvalue weighted by Crippen LogP contribution is 2.24. The lowest BCUT2D eigenvalue weighted by atomic mass is 9.95. The molecule has 0 aromatic carbocycles. The van der Waals surface area contributed by atoms with Crippen LogP contribution in [0.15, 0.2) is 0 Å². The molecule has 2 amide bonds. The summed E-state index contributed by atoms with van der Waals surface area (Å²) in [7, 11) is 1.66. The van der Waals surface area contributed by atoms with Gasteiger partial charge in [-0.1, -0.05) is 0 Å². The summed E-state index contributed by atoms with van der Waals surface area (Å²) in [6, 6.07) is -0.0910. The molecule has 1 atom stereocenters. The Hall–Kier alpha value is -1.30. The fourth-order valence-corrected chi connectivity index (χ4v) is 2.36. The van der Waals surface area contributed by atoms with Crippen LogP contribution in [0.2, 0.25) is 0 Å². The SMILES string of the molecule is CCN(CCC(=O)O)C(=O)N1CCCC(C)(OC)C1. The molecule has 6 heteroatoms. The maximum atomic E-state index is 12.3. The molecule has 0 saturated carbocycles. The van der Waals surface area contributed by atoms with Gasteiger partial charge in [-0.25, -0.2) is 4.79 Å². The summed E-state index contributed by atoms with van der Waals surface area (Å²) >= 11 is 0. The van der Waals surface area contributed by atoms with E-state index in [1.807, 2.05) is 13.8 Å². The highest BCUT2D eigenvalue weighted by molar-refractivity contribution is 5.75. The Morgan fingerprint density at radius 3 is 2.68 bits per heavy atom. The number of hydrogen-bond acceptors (Lipinski definition) is 3. The molecule has 1 saturated heterocycles. The van der Waals surface area contributed by atoms with E-state index in [0.717, 1.165) is 12.8 Å². The van der Waals surface area contributed by atoms with E-state index >= 15 is 0 Å². The number of rotatable bonds is 5. The molecule has 1 rings (SSSR count). The van der Waals surface area contributed by atoms with Gasteiger partial charge in [-0.05, 0) is 26.7 Å². The van der Waals surface area contributed by atoms with Crippen LogP contribution in [-0.4, -0.2) is 65.8 Å². The minimum absolute atomic E-state index is 0.0189. The minimum atomic E-state index is -0.883. The number of carbonyl (C=O) groups is 2. The van der Waals surface area contributed by atoms with E-state index in [-0.39, 0.29) is 24.6 Å². The van der Waals surface area contributed by atoms with Crippen molar-refractivity contribution in [3.05, 3.63) is 0 Å². The first kappa shape index (κ1) is 15.8. The van der Waals surface area contributed by atoms with E-state index in [0.29, 0.717) is 19.6 Å². The number of carboxylic acids is 1. The summed E-state index contributed by atoms with van der Waals surface area (Å²) in [4.78, 5) is 26.3. The quantitative estimate of drug-likeness (QED) is 0.821. The number of piperidine rings is 1. The summed E-state index contributed by atoms with van der Waals surface area (Å²) < 4.78 is 5.46. The lowest BCUT2D eigenvalue weighted by Gasteiger charge is -2.41. The predicted octanol–water partition coefficient (Wildman–Crippen LogP) is 1.40. The van der Waals surface area contributed by atoms with Gasteiger partial charge in [0.15, 0.2) is 0 Å². The third kappa shape index (κ3) is 4.38. The molecule has 1 fully saturated rings. The molecule has 1 aliphatic heterocycles. The Labute approximate surface area is 114 Å². The van der Waals surface area contributed by atoms with E-state index in [2.05, 4.69) is 0 Å². The number of carboxylic acid groups (broad SMARTS) is 1. The Morgan fingerprint density at radius 1 is 1.47 bits per heavy atom. The lowest BCUT2D eigenvalue weighted by Crippen LogP contribution is -2.53. The maximum absolute atomic E-state index is 12.3. The van der Waals surface area contributed by atoms with Crippen LogP contribution in [0.5, 0.6) is 0 Å². The van der Waals surface area contributed by atoms with E-state index < -0.39 is 5.97 Å². The van der Waals surface area contributed by atoms with Gasteiger partial charge in [0.25, 0.3) is 0 Å². The van der Waals surface area contributed by atoms with Gasteiger partial charge in [0, 0.05) is 26.7 Å². The van der Waals surface area contributed by atoms with E-state index in [1.165, 1.54) is 0 Å². The highest BCUT2D eigenvalue weighted by atomic mass is 16.5. The van der Waals surface area contributed by atoms with Crippen molar-refractivity contribution in [1.82, 2.24) is 9.80 Å². The first-order chi connectivity index (χ1) is 8.91. The first-order valence-electron chi connectivity index (χ1n) is 6.72. The van der Waals surface area contributed by atoms with E-state index in [9.17, 15) is 9.59 Å². The fraction of sp³-hybridized carbons (Fsp3) is 0.846. The molecular formula is C13H24N2O4. The van der Waals surface area contributed by atoms with Gasteiger partial charge >= 0.3 is 12.0 Å². The maximum Gasteiger partial charge on any atom is 0.320 e. The van der Waals surface area contributed by atoms with Crippen molar-refractivity contribution in [3.8, 4) is 0 Å². The zero-order chi connectivity index (χ0) is 14.5. The van der Waals surface area contributed by atoms with E-state index in [4.69, 9.17) is 9.84 Å². The summed E-state index contributed by atoms with van der Waals surface area (Å²) in [5, 5.41) is 8.70. The van der Waals surface area contributed by atoms with E-state index in [1.54, 1.807) is 16.9 Å². The van der Waals surface area contributed by atoms with Crippen LogP contribution >= 0.6 is 0 Å². The molecule has 6 nitrogen and oxygen atoms in total. The second kappa shape index (κ2) is 6.75. The van der Waals surface area contributed by atoms with Crippen LogP contribution in [0.4, 0.5) is 4.79 Å². The monoisotopic (exact) mass is 272 g/mol. The topological polar surface area (TPSA) is 70.1 Å². The van der Waals surface area contributed by atoms with Crippen molar-refractivity contribution in [2.24, 2.45) is 0 Å². The van der Waals surface area contributed by atoms with Gasteiger partial charge in [0.05, 0.1) is 18.6 Å². The van der Waals surface area contributed by atoms with Crippen molar-refractivity contribution in [1.29, 1.82) is 0 Å². The van der Waals surface area contributed by atoms with Crippen LogP contribution in [0.1, 0.15) is 33.1 Å². The van der Waals surface area contributed by atoms with Crippen molar-refractivity contribution < 1.29 is 19.4 Å². The van der Waals surface area contributed by atoms with Crippen LogP contribution in [0.25, 0.3) is 0 Å². The predicted molar refractivity (Wildman–Crippen MR) is 71.1 cm³/mol. The zero-order valence-corrected chi connectivity index (χ0v) is 12.0. The highest BCUT2D eigenvalue weighted by Gasteiger charge is 2.34. The third-order valence-electron chi connectivity index (χ3n) is 3.67. The minimum Gasteiger partial charge on any atom is -0.481 e. The molecule has 1 N–H and O–H groups in total. The summed E-state index contributed by atoms with van der Waals surface area (Å²) in [5.74, 6) is -0.883. The molecule has 0 aromatic rings. The van der Waals surface area contributed by atoms with Gasteiger partial charge in [-0.2, -0.15) is 0 Å². The summed E-state index contributed by atoms with van der Waals surface area (Å²) in [6.07, 6.45) is 1.83. The lowest BCUT2D eigenvalue weighted by molar-refractivity contribution is -0.137. The molecule has 1 aliphatic rings. The van der Waals surface area contributed by atoms with Gasteiger partial charge in [0.1, 0.15) is 0 Å². The van der Waals surface area contributed by atoms with Crippen molar-refractivity contribution in [3.63, 3.8) is 0 Å². The smallest absolute Gasteiger partial charge is 0.320 e. The van der Waals surface area contributed by atoms with Crippen LogP contribution in [0, 0.1) is 0 Å².